The van der Waals surface area contributed by atoms with Gasteiger partial charge in [0.05, 0.1) is 23.0 Å². The summed E-state index contributed by atoms with van der Waals surface area (Å²) < 4.78 is 106. The first kappa shape index (κ1) is 38.9. The van der Waals surface area contributed by atoms with Gasteiger partial charge < -0.3 is 18.9 Å². The normalized spacial score (nSPS) is 13.8. The number of ether oxygens (including phenoxy) is 4. The van der Waals surface area contributed by atoms with Crippen molar-refractivity contribution in [2.45, 2.75) is 37.8 Å². The summed E-state index contributed by atoms with van der Waals surface area (Å²) in [5.74, 6) is -9.36. The number of Topliss-reactive ketones (excluding diaryl/α,β-unsaturated/α-hetero) is 1. The van der Waals surface area contributed by atoms with Crippen LogP contribution in [-0.2, 0) is 27.5 Å². The lowest BCUT2D eigenvalue weighted by Crippen LogP contribution is -2.49. The molecule has 0 aliphatic rings. The molecule has 0 N–H and O–H groups in total. The minimum atomic E-state index is -5.44. The van der Waals surface area contributed by atoms with Crippen molar-refractivity contribution in [2.75, 3.05) is 0 Å². The van der Waals surface area contributed by atoms with Crippen molar-refractivity contribution in [3.05, 3.63) is 157 Å². The van der Waals surface area contributed by atoms with E-state index in [2.05, 4.69) is 22.6 Å². The Morgan fingerprint density at radius 3 is 1.15 bits per heavy atom. The second-order valence-electron chi connectivity index (χ2n) is 11.3. The molecule has 272 valence electrons. The summed E-state index contributed by atoms with van der Waals surface area (Å²) in [4.78, 5) is 39.1. The van der Waals surface area contributed by atoms with Crippen molar-refractivity contribution in [1.82, 2.24) is 0 Å². The summed E-state index contributed by atoms with van der Waals surface area (Å²) in [7, 11) is 0. The lowest BCUT2D eigenvalue weighted by atomic mass is 9.84. The molecule has 0 aliphatic heterocycles. The molecule has 0 heterocycles. The number of alkyl halides is 6. The molecule has 0 spiro atoms. The molecule has 4 atom stereocenters. The van der Waals surface area contributed by atoms with E-state index in [0.29, 0.717) is 12.2 Å². The standard InChI is InChI=1S/C39H32F6O7/c1-3-31(34(38(40,41)42)51-36(47)27-15-19-29(20-16-27)49-23-25-11-7-5-8-12-25)33(46)32(4-2)35(39(43,44)45)52-37(48)28-17-21-30(22-18-28)50-24-26-13-9-6-10-14-26/h3-22,31-32,34-35H,1-2,23-24H2. The van der Waals surface area contributed by atoms with Crippen LogP contribution in [0.25, 0.3) is 0 Å². The molecule has 0 fully saturated rings. The van der Waals surface area contributed by atoms with Crippen LogP contribution in [0.3, 0.4) is 0 Å². The Labute approximate surface area is 295 Å². The Morgan fingerprint density at radius 1 is 0.538 bits per heavy atom. The Hall–Kier alpha value is -5.85. The molecule has 0 saturated heterocycles. The number of carbonyl (C=O) groups is 3. The molecule has 52 heavy (non-hydrogen) atoms. The van der Waals surface area contributed by atoms with E-state index in [4.69, 9.17) is 9.47 Å². The van der Waals surface area contributed by atoms with Crippen LogP contribution in [0.5, 0.6) is 11.5 Å². The van der Waals surface area contributed by atoms with Gasteiger partial charge in [0.2, 0.25) is 12.2 Å². The zero-order chi connectivity index (χ0) is 37.9. The van der Waals surface area contributed by atoms with Gasteiger partial charge >= 0.3 is 24.3 Å². The Bertz CT molecular complexity index is 1670. The molecular weight excluding hydrogens is 694 g/mol. The van der Waals surface area contributed by atoms with Gasteiger partial charge in [-0.05, 0) is 59.7 Å². The summed E-state index contributed by atoms with van der Waals surface area (Å²) in [6.45, 7) is 6.69. The molecule has 0 saturated carbocycles. The first-order chi connectivity index (χ1) is 24.7. The molecule has 4 unspecified atom stereocenters. The van der Waals surface area contributed by atoms with Crippen LogP contribution in [0.4, 0.5) is 26.3 Å². The Balaban J connectivity index is 1.47. The number of hydrogen-bond donors (Lipinski definition) is 0. The molecule has 4 rings (SSSR count). The van der Waals surface area contributed by atoms with Crippen molar-refractivity contribution < 1.29 is 59.7 Å². The largest absolute Gasteiger partial charge is 0.489 e. The van der Waals surface area contributed by atoms with Crippen LogP contribution in [0.1, 0.15) is 31.8 Å². The summed E-state index contributed by atoms with van der Waals surface area (Å²) in [6, 6.07) is 27.7. The van der Waals surface area contributed by atoms with Gasteiger partial charge in [-0.1, -0.05) is 72.8 Å². The Kier molecular flexibility index (Phi) is 13.0. The molecule has 13 heteroatoms. The molecule has 0 aliphatic carbocycles. The Morgan fingerprint density at radius 2 is 0.865 bits per heavy atom. The lowest BCUT2D eigenvalue weighted by molar-refractivity contribution is -0.224. The molecule has 0 amide bonds. The van der Waals surface area contributed by atoms with Gasteiger partial charge in [-0.25, -0.2) is 9.59 Å². The van der Waals surface area contributed by atoms with E-state index in [0.717, 1.165) is 35.4 Å². The van der Waals surface area contributed by atoms with Crippen LogP contribution in [0.15, 0.2) is 135 Å². The highest BCUT2D eigenvalue weighted by molar-refractivity contribution is 5.92. The fourth-order valence-electron chi connectivity index (χ4n) is 4.91. The lowest BCUT2D eigenvalue weighted by Gasteiger charge is -2.31. The minimum Gasteiger partial charge on any atom is -0.489 e. The first-order valence-electron chi connectivity index (χ1n) is 15.6. The summed E-state index contributed by atoms with van der Waals surface area (Å²) in [6.07, 6.45) is -16.6. The molecule has 7 nitrogen and oxygen atoms in total. The zero-order valence-corrected chi connectivity index (χ0v) is 27.3. The average molecular weight is 727 g/mol. The third-order valence-corrected chi connectivity index (χ3v) is 7.61. The van der Waals surface area contributed by atoms with E-state index in [1.807, 2.05) is 12.1 Å². The topological polar surface area (TPSA) is 88.1 Å². The third-order valence-electron chi connectivity index (χ3n) is 7.61. The SMILES string of the molecule is C=CC(C(=O)C(C=C)C(OC(=O)c1ccc(OCc2ccccc2)cc1)C(F)(F)F)C(OC(=O)c1ccc(OCc2ccccc2)cc1)C(F)(F)F. The highest BCUT2D eigenvalue weighted by Crippen LogP contribution is 2.37. The van der Waals surface area contributed by atoms with Crippen LogP contribution in [0, 0.1) is 11.8 Å². The highest BCUT2D eigenvalue weighted by atomic mass is 19.4. The number of esters is 2. The zero-order valence-electron chi connectivity index (χ0n) is 27.3. The van der Waals surface area contributed by atoms with Crippen molar-refractivity contribution in [2.24, 2.45) is 11.8 Å². The molecule has 4 aromatic rings. The van der Waals surface area contributed by atoms with Crippen molar-refractivity contribution in [3.8, 4) is 11.5 Å². The van der Waals surface area contributed by atoms with Crippen molar-refractivity contribution in [3.63, 3.8) is 0 Å². The monoisotopic (exact) mass is 726 g/mol. The second-order valence-corrected chi connectivity index (χ2v) is 11.3. The summed E-state index contributed by atoms with van der Waals surface area (Å²) in [5.41, 5.74) is 0.933. The number of halogens is 6. The van der Waals surface area contributed by atoms with Gasteiger partial charge in [0.25, 0.3) is 0 Å². The summed E-state index contributed by atoms with van der Waals surface area (Å²) in [5, 5.41) is 0. The van der Waals surface area contributed by atoms with Crippen LogP contribution in [-0.4, -0.2) is 42.3 Å². The van der Waals surface area contributed by atoms with Gasteiger partial charge in [-0.15, -0.1) is 13.2 Å². The van der Waals surface area contributed by atoms with E-state index >= 15 is 0 Å². The van der Waals surface area contributed by atoms with E-state index < -0.39 is 54.1 Å². The predicted octanol–water partition coefficient (Wildman–Crippen LogP) is 8.89. The van der Waals surface area contributed by atoms with Gasteiger partial charge in [-0.2, -0.15) is 26.3 Å². The number of benzene rings is 4. The summed E-state index contributed by atoms with van der Waals surface area (Å²) >= 11 is 0. The number of rotatable bonds is 16. The van der Waals surface area contributed by atoms with Gasteiger partial charge in [0.1, 0.15) is 24.7 Å². The van der Waals surface area contributed by atoms with E-state index in [1.54, 1.807) is 48.5 Å². The smallest absolute Gasteiger partial charge is 0.426 e. The minimum absolute atomic E-state index is 0.166. The molecule has 0 bridgehead atoms. The van der Waals surface area contributed by atoms with E-state index in [1.165, 1.54) is 24.3 Å². The molecule has 4 aromatic carbocycles. The molecule has 0 radical (unpaired) electrons. The maximum atomic E-state index is 14.3. The van der Waals surface area contributed by atoms with Crippen molar-refractivity contribution >= 4 is 17.7 Å². The van der Waals surface area contributed by atoms with Gasteiger partial charge in [0, 0.05) is 0 Å². The first-order valence-corrected chi connectivity index (χ1v) is 15.6. The van der Waals surface area contributed by atoms with Crippen LogP contribution >= 0.6 is 0 Å². The molecule has 0 aromatic heterocycles. The second kappa shape index (κ2) is 17.4. The number of ketones is 1. The fraction of sp³-hybridized carbons (Fsp3) is 0.205. The van der Waals surface area contributed by atoms with Crippen molar-refractivity contribution in [1.29, 1.82) is 0 Å². The fourth-order valence-corrected chi connectivity index (χ4v) is 4.91. The number of carbonyl (C=O) groups excluding carboxylic acids is 3. The molecular formula is C39H32F6O7. The average Bonchev–Trinajstić information content (AvgIpc) is 3.13. The quantitative estimate of drug-likeness (QED) is 0.0648. The van der Waals surface area contributed by atoms with Crippen LogP contribution < -0.4 is 9.47 Å². The number of hydrogen-bond acceptors (Lipinski definition) is 7. The maximum absolute atomic E-state index is 14.3. The predicted molar refractivity (Wildman–Crippen MR) is 177 cm³/mol. The van der Waals surface area contributed by atoms with Crippen LogP contribution in [0.2, 0.25) is 0 Å². The maximum Gasteiger partial charge on any atom is 0.426 e. The van der Waals surface area contributed by atoms with E-state index in [9.17, 15) is 40.7 Å². The third kappa shape index (κ3) is 10.6. The van der Waals surface area contributed by atoms with Gasteiger partial charge in [-0.3, -0.25) is 4.79 Å². The van der Waals surface area contributed by atoms with E-state index in [-0.39, 0.29) is 35.8 Å². The highest BCUT2D eigenvalue weighted by Gasteiger charge is 2.55. The van der Waals surface area contributed by atoms with Gasteiger partial charge in [0.15, 0.2) is 5.78 Å².